The number of hydroxylamine groups is 1. The molecule has 2 unspecified atom stereocenters. The number of hydrogen-bond donors (Lipinski definition) is 4. The summed E-state index contributed by atoms with van der Waals surface area (Å²) in [6.45, 7) is 5.24. The number of methoxy groups -OCH3 is 2. The molecule has 8 atom stereocenters. The summed E-state index contributed by atoms with van der Waals surface area (Å²) in [7, 11) is 4.94. The number of amides is 1. The van der Waals surface area contributed by atoms with Crippen LogP contribution in [0.5, 0.6) is 0 Å². The SMILES string of the molecule is CO[C@@]12[C@H](CNOC=O)C3=C(C(=O)C(C)=C(CCN(C)CCC4=C(C)C(=O)C5=C(C4=O)[C@@H](COC(N)=O)[C@@]4(OC)C6N[C@H]6CN54)C3=O)N1CC1N[C@@H]12. The molecule has 0 bridgehead atoms. The number of nitrogens with zero attached hydrogens (tertiary/aromatic N) is 3. The van der Waals surface area contributed by atoms with Crippen molar-refractivity contribution in [1.82, 2.24) is 30.8 Å². The first-order valence-electron chi connectivity index (χ1n) is 17.6. The fraction of sp³-hybridized carbons (Fsp3) is 0.600. The van der Waals surface area contributed by atoms with Gasteiger partial charge in [0.05, 0.1) is 35.3 Å². The number of Topliss-reactive ketones (excluding diaryl/α,β-unsaturated/α-hetero) is 4. The minimum atomic E-state index is -1.06. The molecule has 0 aromatic rings. The molecule has 17 nitrogen and oxygen atoms in total. The lowest BCUT2D eigenvalue weighted by Gasteiger charge is -2.40. The van der Waals surface area contributed by atoms with Crippen molar-refractivity contribution in [3.63, 3.8) is 0 Å². The molecule has 6 heterocycles. The molecule has 4 fully saturated rings. The Hall–Kier alpha value is -4.26. The largest absolute Gasteiger partial charge is 0.449 e. The van der Waals surface area contributed by atoms with Crippen LogP contribution in [0.15, 0.2) is 44.8 Å². The Morgan fingerprint density at radius 3 is 1.81 bits per heavy atom. The molecule has 4 saturated heterocycles. The van der Waals surface area contributed by atoms with Crippen molar-refractivity contribution in [2.75, 3.05) is 60.6 Å². The van der Waals surface area contributed by atoms with Gasteiger partial charge in [-0.3, -0.25) is 24.0 Å². The predicted molar refractivity (Wildman–Crippen MR) is 178 cm³/mol. The van der Waals surface area contributed by atoms with Gasteiger partial charge in [0.2, 0.25) is 11.6 Å². The van der Waals surface area contributed by atoms with Gasteiger partial charge in [0.1, 0.15) is 6.61 Å². The summed E-state index contributed by atoms with van der Waals surface area (Å²) in [4.78, 5) is 89.5. The lowest BCUT2D eigenvalue weighted by molar-refractivity contribution is -0.144. The Bertz CT molecular complexity index is 1850. The number of hydrogen-bond acceptors (Lipinski definition) is 16. The summed E-state index contributed by atoms with van der Waals surface area (Å²) in [6, 6.07) is -0.00941. The van der Waals surface area contributed by atoms with Gasteiger partial charge in [-0.05, 0) is 33.7 Å². The summed E-state index contributed by atoms with van der Waals surface area (Å²) in [5.74, 6) is -2.31. The average Bonchev–Trinajstić information content (AvgIpc) is 3.95. The van der Waals surface area contributed by atoms with E-state index in [1.807, 2.05) is 21.7 Å². The molecule has 0 aromatic heterocycles. The normalized spacial score (nSPS) is 35.3. The number of primary amides is 1. The second-order valence-corrected chi connectivity index (χ2v) is 14.8. The van der Waals surface area contributed by atoms with E-state index in [1.54, 1.807) is 21.0 Å². The first-order valence-corrected chi connectivity index (χ1v) is 17.6. The van der Waals surface area contributed by atoms with Crippen molar-refractivity contribution < 1.29 is 47.8 Å². The number of fused-ring (bicyclic) bond motifs is 8. The Balaban J connectivity index is 0.973. The molecule has 8 rings (SSSR count). The third-order valence-electron chi connectivity index (χ3n) is 12.6. The number of allylic oxidation sites excluding steroid dienone is 2. The monoisotopic (exact) mass is 721 g/mol. The minimum absolute atomic E-state index is 0.0773. The number of ether oxygens (including phenoxy) is 3. The standard InChI is InChI=1S/C35H43N7O10/c1-15-17(29(46)23-19(10-37-52-14-43)34(49-4)31-21(38-31)11-41(34)25(23)27(15)44)6-8-40(3)9-7-18-16(2)28(45)26-24(30(18)47)20(13-51-33(36)48)35(50-5)32-22(39-32)12-42(26)35/h14,19-22,31-32,37-39H,6-13H2,1-5H3,(H2,36,48)/t19-,20-,21?,22+,31+,32?,34-,35-/m1/s1. The van der Waals surface area contributed by atoms with E-state index in [9.17, 15) is 28.8 Å². The Morgan fingerprint density at radius 1 is 0.865 bits per heavy atom. The summed E-state index contributed by atoms with van der Waals surface area (Å²) in [5, 5.41) is 6.74. The zero-order chi connectivity index (χ0) is 37.0. The van der Waals surface area contributed by atoms with Crippen LogP contribution in [0.2, 0.25) is 0 Å². The van der Waals surface area contributed by atoms with Crippen molar-refractivity contribution >= 4 is 35.7 Å². The second kappa shape index (κ2) is 12.1. The van der Waals surface area contributed by atoms with E-state index in [4.69, 9.17) is 24.8 Å². The van der Waals surface area contributed by atoms with Gasteiger partial charge in [-0.25, -0.2) is 4.79 Å². The molecular formula is C35H43N7O10. The zero-order valence-corrected chi connectivity index (χ0v) is 29.7. The molecule has 278 valence electrons. The first kappa shape index (κ1) is 34.8. The molecule has 5 N–H and O–H groups in total. The Kier molecular flexibility index (Phi) is 8.13. The van der Waals surface area contributed by atoms with Crippen LogP contribution < -0.4 is 21.8 Å². The number of carbonyl (C=O) groups excluding carboxylic acids is 6. The number of nitrogens with one attached hydrogen (secondary N) is 3. The van der Waals surface area contributed by atoms with Crippen LogP contribution in [0.3, 0.4) is 0 Å². The van der Waals surface area contributed by atoms with Crippen LogP contribution in [-0.4, -0.2) is 147 Å². The molecule has 2 aliphatic carbocycles. The van der Waals surface area contributed by atoms with E-state index in [-0.39, 0.29) is 85.3 Å². The van der Waals surface area contributed by atoms with Crippen LogP contribution in [0.1, 0.15) is 26.7 Å². The molecule has 17 heteroatoms. The maximum absolute atomic E-state index is 14.3. The molecule has 0 aromatic carbocycles. The van der Waals surface area contributed by atoms with Gasteiger partial charge in [0.15, 0.2) is 23.0 Å². The third kappa shape index (κ3) is 4.56. The number of nitrogens with two attached hydrogens (primary N) is 1. The van der Waals surface area contributed by atoms with Crippen LogP contribution in [0.4, 0.5) is 4.79 Å². The molecule has 52 heavy (non-hydrogen) atoms. The van der Waals surface area contributed by atoms with Crippen LogP contribution in [0, 0.1) is 11.8 Å². The van der Waals surface area contributed by atoms with Gasteiger partial charge in [-0.2, -0.15) is 5.48 Å². The molecule has 0 saturated carbocycles. The lowest BCUT2D eigenvalue weighted by atomic mass is 9.79. The molecule has 6 aliphatic heterocycles. The topological polar surface area (TPSA) is 231 Å². The zero-order valence-electron chi connectivity index (χ0n) is 29.7. The maximum atomic E-state index is 14.3. The average molecular weight is 722 g/mol. The highest BCUT2D eigenvalue weighted by atomic mass is 16.7. The van der Waals surface area contributed by atoms with Crippen molar-refractivity contribution in [1.29, 1.82) is 0 Å². The van der Waals surface area contributed by atoms with E-state index in [2.05, 4.69) is 16.1 Å². The molecule has 0 spiro atoms. The maximum Gasteiger partial charge on any atom is 0.404 e. The quantitative estimate of drug-likeness (QED) is 0.0508. The van der Waals surface area contributed by atoms with E-state index in [0.717, 1.165) is 0 Å². The molecule has 1 amide bonds. The van der Waals surface area contributed by atoms with Crippen LogP contribution in [0.25, 0.3) is 0 Å². The second-order valence-electron chi connectivity index (χ2n) is 14.8. The van der Waals surface area contributed by atoms with E-state index < -0.39 is 29.4 Å². The smallest absolute Gasteiger partial charge is 0.404 e. The van der Waals surface area contributed by atoms with Gasteiger partial charge in [0, 0.05) is 92.5 Å². The van der Waals surface area contributed by atoms with Gasteiger partial charge in [-0.1, -0.05) is 0 Å². The fourth-order valence-corrected chi connectivity index (χ4v) is 10.0. The van der Waals surface area contributed by atoms with Gasteiger partial charge in [0.25, 0.3) is 0 Å². The van der Waals surface area contributed by atoms with Gasteiger partial charge in [-0.15, -0.1) is 0 Å². The van der Waals surface area contributed by atoms with E-state index >= 15 is 0 Å². The number of piperazine rings is 2. The van der Waals surface area contributed by atoms with Crippen LogP contribution >= 0.6 is 0 Å². The summed E-state index contributed by atoms with van der Waals surface area (Å²) >= 11 is 0. The lowest BCUT2D eigenvalue weighted by Crippen LogP contribution is -2.56. The van der Waals surface area contributed by atoms with Gasteiger partial charge < -0.3 is 50.1 Å². The summed E-state index contributed by atoms with van der Waals surface area (Å²) in [5.41, 5.74) is 8.69. The molecular weight excluding hydrogens is 678 g/mol. The summed E-state index contributed by atoms with van der Waals surface area (Å²) < 4.78 is 17.4. The Morgan fingerprint density at radius 2 is 1.35 bits per heavy atom. The van der Waals surface area contributed by atoms with Crippen molar-refractivity contribution in [3.05, 3.63) is 44.8 Å². The van der Waals surface area contributed by atoms with Crippen LogP contribution in [-0.2, 0) is 43.0 Å². The highest BCUT2D eigenvalue weighted by molar-refractivity contribution is 6.26. The van der Waals surface area contributed by atoms with E-state index in [0.29, 0.717) is 65.4 Å². The van der Waals surface area contributed by atoms with Gasteiger partial charge >= 0.3 is 12.6 Å². The molecule has 0 radical (unpaired) electrons. The highest BCUT2D eigenvalue weighted by Gasteiger charge is 2.74. The number of carbonyl (C=O) groups is 6. The number of ketones is 4. The molecule has 8 aliphatic rings. The minimum Gasteiger partial charge on any atom is -0.449 e. The van der Waals surface area contributed by atoms with E-state index in [1.165, 1.54) is 7.11 Å². The fourth-order valence-electron chi connectivity index (χ4n) is 10.0. The number of rotatable bonds is 14. The Labute approximate surface area is 299 Å². The third-order valence-corrected chi connectivity index (χ3v) is 12.6. The first-order chi connectivity index (χ1) is 24.9. The summed E-state index contributed by atoms with van der Waals surface area (Å²) in [6.07, 6.45) is -0.460. The van der Waals surface area contributed by atoms with Crippen molar-refractivity contribution in [3.8, 4) is 0 Å². The highest BCUT2D eigenvalue weighted by Crippen LogP contribution is 2.57. The van der Waals surface area contributed by atoms with Crippen molar-refractivity contribution in [2.45, 2.75) is 62.3 Å². The predicted octanol–water partition coefficient (Wildman–Crippen LogP) is -1.83. The van der Waals surface area contributed by atoms with Crippen molar-refractivity contribution in [2.24, 2.45) is 17.6 Å².